The lowest BCUT2D eigenvalue weighted by atomic mass is 10.1. The molecule has 0 bridgehead atoms. The Bertz CT molecular complexity index is 552. The molecule has 0 aliphatic heterocycles. The smallest absolute Gasteiger partial charge is 0.412 e. The van der Waals surface area contributed by atoms with Gasteiger partial charge in [0, 0.05) is 24.9 Å². The Morgan fingerprint density at radius 2 is 1.96 bits per heavy atom. The van der Waals surface area contributed by atoms with E-state index >= 15 is 0 Å². The minimum Gasteiger partial charge on any atom is -0.507 e. The maximum Gasteiger partial charge on any atom is 0.412 e. The molecule has 1 aromatic rings. The molecule has 0 saturated carbocycles. The van der Waals surface area contributed by atoms with Gasteiger partial charge in [0.25, 0.3) is 5.91 Å². The fourth-order valence-electron chi connectivity index (χ4n) is 1.70. The summed E-state index contributed by atoms with van der Waals surface area (Å²) in [5, 5.41) is 15.0. The van der Waals surface area contributed by atoms with Gasteiger partial charge in [-0.25, -0.2) is 4.79 Å². The molecule has 0 aliphatic carbocycles. The number of amides is 2. The summed E-state index contributed by atoms with van der Waals surface area (Å²) in [6.45, 7) is 8.45. The molecular formula is C16H24N2O5. The Labute approximate surface area is 136 Å². The highest BCUT2D eigenvalue weighted by molar-refractivity contribution is 5.97. The molecule has 0 aromatic heterocycles. The lowest BCUT2D eigenvalue weighted by molar-refractivity contribution is 0.0636. The molecule has 0 fully saturated rings. The molecule has 3 N–H and O–H groups in total. The Morgan fingerprint density at radius 1 is 1.26 bits per heavy atom. The number of benzene rings is 1. The first-order chi connectivity index (χ1) is 10.7. The van der Waals surface area contributed by atoms with Crippen LogP contribution in [-0.4, -0.2) is 42.5 Å². The molecule has 0 saturated heterocycles. The van der Waals surface area contributed by atoms with E-state index in [0.717, 1.165) is 0 Å². The quantitative estimate of drug-likeness (QED) is 0.699. The lowest BCUT2D eigenvalue weighted by Crippen LogP contribution is -2.28. The number of hydrogen-bond acceptors (Lipinski definition) is 5. The summed E-state index contributed by atoms with van der Waals surface area (Å²) in [4.78, 5) is 23.6. The van der Waals surface area contributed by atoms with Crippen molar-refractivity contribution in [2.45, 2.75) is 33.3 Å². The van der Waals surface area contributed by atoms with Crippen LogP contribution in [-0.2, 0) is 9.47 Å². The van der Waals surface area contributed by atoms with E-state index < -0.39 is 17.6 Å². The van der Waals surface area contributed by atoms with Crippen molar-refractivity contribution in [3.63, 3.8) is 0 Å². The number of hydrogen-bond donors (Lipinski definition) is 3. The van der Waals surface area contributed by atoms with E-state index in [1.54, 1.807) is 20.8 Å². The Morgan fingerprint density at radius 3 is 2.52 bits per heavy atom. The van der Waals surface area contributed by atoms with Gasteiger partial charge in [0.2, 0.25) is 0 Å². The van der Waals surface area contributed by atoms with Gasteiger partial charge in [-0.1, -0.05) is 0 Å². The van der Waals surface area contributed by atoms with Crippen LogP contribution in [0.1, 0.15) is 38.1 Å². The molecular weight excluding hydrogens is 300 g/mol. The second kappa shape index (κ2) is 8.38. The van der Waals surface area contributed by atoms with Crippen LogP contribution in [0.15, 0.2) is 18.2 Å². The first kappa shape index (κ1) is 18.8. The van der Waals surface area contributed by atoms with E-state index in [4.69, 9.17) is 9.47 Å². The topological polar surface area (TPSA) is 96.9 Å². The number of ether oxygens (including phenoxy) is 2. The molecule has 1 rings (SSSR count). The van der Waals surface area contributed by atoms with Crippen molar-refractivity contribution >= 4 is 17.7 Å². The first-order valence-corrected chi connectivity index (χ1v) is 7.42. The van der Waals surface area contributed by atoms with Crippen molar-refractivity contribution in [2.24, 2.45) is 0 Å². The average Bonchev–Trinajstić information content (AvgIpc) is 2.41. The predicted molar refractivity (Wildman–Crippen MR) is 86.8 cm³/mol. The molecule has 23 heavy (non-hydrogen) atoms. The number of nitrogens with one attached hydrogen (secondary N) is 2. The molecule has 0 unspecified atom stereocenters. The van der Waals surface area contributed by atoms with Crippen molar-refractivity contribution in [3.05, 3.63) is 23.8 Å². The molecule has 128 valence electrons. The summed E-state index contributed by atoms with van der Waals surface area (Å²) >= 11 is 0. The van der Waals surface area contributed by atoms with Crippen LogP contribution in [0.2, 0.25) is 0 Å². The number of anilines is 1. The van der Waals surface area contributed by atoms with Gasteiger partial charge in [0.15, 0.2) is 0 Å². The van der Waals surface area contributed by atoms with E-state index in [9.17, 15) is 14.7 Å². The third-order valence-corrected chi connectivity index (χ3v) is 2.62. The maximum atomic E-state index is 11.9. The Hall–Kier alpha value is -2.28. The van der Waals surface area contributed by atoms with Crippen LogP contribution in [0, 0.1) is 0 Å². The predicted octanol–water partition coefficient (Wildman–Crippen LogP) is 2.51. The normalized spacial score (nSPS) is 11.0. The van der Waals surface area contributed by atoms with E-state index in [2.05, 4.69) is 10.6 Å². The fraction of sp³-hybridized carbons (Fsp3) is 0.500. The summed E-state index contributed by atoms with van der Waals surface area (Å²) < 4.78 is 10.2. The third kappa shape index (κ3) is 7.01. The van der Waals surface area contributed by atoms with Crippen LogP contribution in [0.5, 0.6) is 5.75 Å². The van der Waals surface area contributed by atoms with Crippen LogP contribution < -0.4 is 10.6 Å². The molecule has 7 nitrogen and oxygen atoms in total. The summed E-state index contributed by atoms with van der Waals surface area (Å²) in [5.74, 6) is -0.640. The number of carbonyl (C=O) groups is 2. The fourth-order valence-corrected chi connectivity index (χ4v) is 1.70. The highest BCUT2D eigenvalue weighted by atomic mass is 16.6. The zero-order valence-electron chi connectivity index (χ0n) is 13.9. The number of phenolic OH excluding ortho intramolecular Hbond substituents is 1. The minimum absolute atomic E-state index is 0.122. The van der Waals surface area contributed by atoms with Gasteiger partial charge in [-0.15, -0.1) is 0 Å². The number of phenols is 1. The largest absolute Gasteiger partial charge is 0.507 e. The van der Waals surface area contributed by atoms with E-state index in [0.29, 0.717) is 25.4 Å². The lowest BCUT2D eigenvalue weighted by Gasteiger charge is -2.19. The van der Waals surface area contributed by atoms with Crippen molar-refractivity contribution in [2.75, 3.05) is 25.1 Å². The van der Waals surface area contributed by atoms with Crippen molar-refractivity contribution in [1.29, 1.82) is 0 Å². The molecule has 1 aromatic carbocycles. The molecule has 0 atom stereocenters. The monoisotopic (exact) mass is 324 g/mol. The van der Waals surface area contributed by atoms with Crippen LogP contribution in [0.25, 0.3) is 0 Å². The number of rotatable bonds is 6. The van der Waals surface area contributed by atoms with Gasteiger partial charge >= 0.3 is 6.09 Å². The second-order valence-corrected chi connectivity index (χ2v) is 5.81. The summed E-state index contributed by atoms with van der Waals surface area (Å²) in [6, 6.07) is 4.24. The SMILES string of the molecule is CCOCCNC(=O)c1ccc(NC(=O)OC(C)(C)C)cc1O. The highest BCUT2D eigenvalue weighted by Gasteiger charge is 2.17. The first-order valence-electron chi connectivity index (χ1n) is 7.42. The maximum absolute atomic E-state index is 11.9. The van der Waals surface area contributed by atoms with Gasteiger partial charge in [-0.3, -0.25) is 10.1 Å². The van der Waals surface area contributed by atoms with E-state index in [1.807, 2.05) is 6.92 Å². The van der Waals surface area contributed by atoms with E-state index in [1.165, 1.54) is 18.2 Å². The van der Waals surface area contributed by atoms with Crippen LogP contribution in [0.4, 0.5) is 10.5 Å². The molecule has 2 amide bonds. The number of carbonyl (C=O) groups excluding carboxylic acids is 2. The second-order valence-electron chi connectivity index (χ2n) is 5.81. The molecule has 0 aliphatic rings. The summed E-state index contributed by atoms with van der Waals surface area (Å²) in [5.41, 5.74) is -0.161. The van der Waals surface area contributed by atoms with Crippen molar-refractivity contribution in [3.8, 4) is 5.75 Å². The van der Waals surface area contributed by atoms with Crippen molar-refractivity contribution in [1.82, 2.24) is 5.32 Å². The highest BCUT2D eigenvalue weighted by Crippen LogP contribution is 2.22. The Kier molecular flexibility index (Phi) is 6.84. The van der Waals surface area contributed by atoms with Crippen molar-refractivity contribution < 1.29 is 24.2 Å². The number of aromatic hydroxyl groups is 1. The Balaban J connectivity index is 2.63. The van der Waals surface area contributed by atoms with Gasteiger partial charge in [-0.2, -0.15) is 0 Å². The van der Waals surface area contributed by atoms with Gasteiger partial charge in [0.05, 0.1) is 12.2 Å². The molecule has 0 heterocycles. The minimum atomic E-state index is -0.634. The van der Waals surface area contributed by atoms with E-state index in [-0.39, 0.29) is 11.3 Å². The molecule has 0 radical (unpaired) electrons. The summed E-state index contributed by atoms with van der Waals surface area (Å²) in [6.07, 6.45) is -0.634. The van der Waals surface area contributed by atoms with Crippen LogP contribution in [0.3, 0.4) is 0 Å². The van der Waals surface area contributed by atoms with Gasteiger partial charge in [0.1, 0.15) is 11.4 Å². The standard InChI is InChI=1S/C16H24N2O5/c1-5-22-9-8-17-14(20)12-7-6-11(10-13(12)19)18-15(21)23-16(2,3)4/h6-7,10,19H,5,8-9H2,1-4H3,(H,17,20)(H,18,21). The van der Waals surface area contributed by atoms with Crippen LogP contribution >= 0.6 is 0 Å². The zero-order chi connectivity index (χ0) is 17.5. The van der Waals surface area contributed by atoms with Gasteiger partial charge < -0.3 is 19.9 Å². The van der Waals surface area contributed by atoms with Gasteiger partial charge in [-0.05, 0) is 39.8 Å². The zero-order valence-corrected chi connectivity index (χ0v) is 13.9. The summed E-state index contributed by atoms with van der Waals surface area (Å²) in [7, 11) is 0. The third-order valence-electron chi connectivity index (χ3n) is 2.62. The molecule has 7 heteroatoms. The average molecular weight is 324 g/mol. The molecule has 0 spiro atoms.